The van der Waals surface area contributed by atoms with Gasteiger partial charge in [-0.15, -0.1) is 0 Å². The Hall–Kier alpha value is -1.28. The van der Waals surface area contributed by atoms with Crippen molar-refractivity contribution in [1.29, 1.82) is 0 Å². The van der Waals surface area contributed by atoms with Gasteiger partial charge in [0.05, 0.1) is 10.6 Å². The fourth-order valence-corrected chi connectivity index (χ4v) is 2.82. The van der Waals surface area contributed by atoms with Gasteiger partial charge in [-0.1, -0.05) is 6.92 Å². The summed E-state index contributed by atoms with van der Waals surface area (Å²) in [4.78, 5) is 0.126. The first-order valence-corrected chi connectivity index (χ1v) is 7.63. The molecule has 1 atom stereocenters. The average Bonchev–Trinajstić information content (AvgIpc) is 2.35. The third-order valence-corrected chi connectivity index (χ3v) is 4.50. The predicted molar refractivity (Wildman–Crippen MR) is 69.3 cm³/mol. The number of nitrogens with one attached hydrogen (secondary N) is 1. The summed E-state index contributed by atoms with van der Waals surface area (Å²) in [7, 11) is -3.34. The smallest absolute Gasteiger partial charge is 0.382 e. The maximum absolute atomic E-state index is 12.1. The molecule has 1 unspecified atom stereocenters. The zero-order chi connectivity index (χ0) is 15.4. The molecular formula is C12H16F3NO3S. The number of aliphatic hydroxyl groups is 1. The molecule has 2 N–H and O–H groups in total. The lowest BCUT2D eigenvalue weighted by Gasteiger charge is -2.15. The van der Waals surface area contributed by atoms with E-state index in [1.165, 1.54) is 24.3 Å². The second-order valence-electron chi connectivity index (χ2n) is 4.28. The summed E-state index contributed by atoms with van der Waals surface area (Å²) in [5.74, 6) is 0.0204. The van der Waals surface area contributed by atoms with Gasteiger partial charge in [-0.05, 0) is 30.7 Å². The Bertz CT molecular complexity index is 526. The Balaban J connectivity index is 2.69. The van der Waals surface area contributed by atoms with Gasteiger partial charge in [0.2, 0.25) is 0 Å². The molecule has 0 heterocycles. The van der Waals surface area contributed by atoms with E-state index >= 15 is 0 Å². The van der Waals surface area contributed by atoms with Crippen molar-refractivity contribution in [3.8, 4) is 0 Å². The lowest BCUT2D eigenvalue weighted by Crippen LogP contribution is -2.34. The lowest BCUT2D eigenvalue weighted by atomic mass is 10.3. The highest BCUT2D eigenvalue weighted by Gasteiger charge is 2.37. The number of benzene rings is 1. The molecule has 4 nitrogen and oxygen atoms in total. The maximum atomic E-state index is 12.1. The van der Waals surface area contributed by atoms with Crippen LogP contribution in [0.4, 0.5) is 18.9 Å². The van der Waals surface area contributed by atoms with Crippen LogP contribution in [0.15, 0.2) is 29.2 Å². The molecule has 0 spiro atoms. The summed E-state index contributed by atoms with van der Waals surface area (Å²) in [5, 5.41) is 11.2. The molecule has 20 heavy (non-hydrogen) atoms. The number of hydrogen-bond donors (Lipinski definition) is 2. The molecule has 1 aromatic carbocycles. The van der Waals surface area contributed by atoms with Gasteiger partial charge in [-0.3, -0.25) is 0 Å². The van der Waals surface area contributed by atoms with Crippen molar-refractivity contribution in [2.24, 2.45) is 0 Å². The molecule has 0 aliphatic heterocycles. The molecular weight excluding hydrogens is 295 g/mol. The van der Waals surface area contributed by atoms with Crippen LogP contribution in [0.1, 0.15) is 13.3 Å². The molecule has 0 bridgehead atoms. The minimum atomic E-state index is -4.68. The first-order valence-electron chi connectivity index (χ1n) is 5.98. The van der Waals surface area contributed by atoms with Crippen LogP contribution in [0.2, 0.25) is 0 Å². The standard InChI is InChI=1S/C12H16F3NO3S/c1-2-7-20(18,19)10-5-3-9(4-6-10)16-8-11(17)12(13,14)15/h3-6,11,16-17H,2,7-8H2,1H3. The van der Waals surface area contributed by atoms with E-state index in [9.17, 15) is 21.6 Å². The van der Waals surface area contributed by atoms with Crippen LogP contribution >= 0.6 is 0 Å². The van der Waals surface area contributed by atoms with Crippen molar-refractivity contribution in [1.82, 2.24) is 0 Å². The molecule has 0 radical (unpaired) electrons. The monoisotopic (exact) mass is 311 g/mol. The van der Waals surface area contributed by atoms with E-state index in [-0.39, 0.29) is 10.6 Å². The van der Waals surface area contributed by atoms with Gasteiger partial charge in [-0.25, -0.2) is 8.42 Å². The molecule has 0 aromatic heterocycles. The van der Waals surface area contributed by atoms with Crippen LogP contribution in [-0.2, 0) is 9.84 Å². The van der Waals surface area contributed by atoms with Crippen molar-refractivity contribution in [2.45, 2.75) is 30.5 Å². The normalized spacial score (nSPS) is 14.1. The first kappa shape index (κ1) is 16.8. The molecule has 114 valence electrons. The minimum absolute atomic E-state index is 0.0204. The number of aliphatic hydroxyl groups excluding tert-OH is 1. The molecule has 1 aromatic rings. The van der Waals surface area contributed by atoms with Crippen LogP contribution in [0.25, 0.3) is 0 Å². The molecule has 0 fully saturated rings. The van der Waals surface area contributed by atoms with E-state index in [1.54, 1.807) is 6.92 Å². The molecule has 0 saturated carbocycles. The molecule has 0 saturated heterocycles. The molecule has 0 aliphatic rings. The highest BCUT2D eigenvalue weighted by molar-refractivity contribution is 7.91. The highest BCUT2D eigenvalue weighted by atomic mass is 32.2. The first-order chi connectivity index (χ1) is 9.16. The van der Waals surface area contributed by atoms with Crippen LogP contribution in [0, 0.1) is 0 Å². The summed E-state index contributed by atoms with van der Waals surface area (Å²) < 4.78 is 59.7. The van der Waals surface area contributed by atoms with Crippen molar-refractivity contribution >= 4 is 15.5 Å². The second kappa shape index (κ2) is 6.45. The summed E-state index contributed by atoms with van der Waals surface area (Å²) in [6, 6.07) is 5.39. The third kappa shape index (κ3) is 4.68. The Labute approximate surface area is 115 Å². The zero-order valence-corrected chi connectivity index (χ0v) is 11.6. The fourth-order valence-electron chi connectivity index (χ4n) is 1.50. The molecule has 0 aliphatic carbocycles. The molecule has 1 rings (SSSR count). The van der Waals surface area contributed by atoms with Gasteiger partial charge < -0.3 is 10.4 Å². The van der Waals surface area contributed by atoms with E-state index in [1.807, 2.05) is 0 Å². The van der Waals surface area contributed by atoms with Gasteiger partial charge in [0.25, 0.3) is 0 Å². The summed E-state index contributed by atoms with van der Waals surface area (Å²) >= 11 is 0. The van der Waals surface area contributed by atoms with Crippen LogP contribution < -0.4 is 5.32 Å². The van der Waals surface area contributed by atoms with Gasteiger partial charge in [0.1, 0.15) is 0 Å². The van der Waals surface area contributed by atoms with Gasteiger partial charge in [0, 0.05) is 12.2 Å². The summed E-state index contributed by atoms with van der Waals surface area (Å²) in [5.41, 5.74) is 0.309. The Morgan fingerprint density at radius 1 is 1.25 bits per heavy atom. The number of halogens is 3. The van der Waals surface area contributed by atoms with Gasteiger partial charge in [0.15, 0.2) is 15.9 Å². The maximum Gasteiger partial charge on any atom is 0.416 e. The van der Waals surface area contributed by atoms with E-state index in [0.717, 1.165) is 0 Å². The molecule has 0 amide bonds. The quantitative estimate of drug-likeness (QED) is 0.845. The predicted octanol–water partition coefficient (Wildman–Crippen LogP) is 2.21. The summed E-state index contributed by atoms with van der Waals surface area (Å²) in [6.07, 6.45) is -6.66. The van der Waals surface area contributed by atoms with E-state index < -0.39 is 28.7 Å². The Morgan fingerprint density at radius 2 is 1.80 bits per heavy atom. The Kier molecular flexibility index (Phi) is 5.41. The van der Waals surface area contributed by atoms with Crippen molar-refractivity contribution in [3.05, 3.63) is 24.3 Å². The van der Waals surface area contributed by atoms with Crippen LogP contribution in [0.5, 0.6) is 0 Å². The van der Waals surface area contributed by atoms with Crippen molar-refractivity contribution < 1.29 is 26.7 Å². The number of anilines is 1. The zero-order valence-electron chi connectivity index (χ0n) is 10.8. The van der Waals surface area contributed by atoms with Gasteiger partial charge in [-0.2, -0.15) is 13.2 Å². The van der Waals surface area contributed by atoms with E-state index in [0.29, 0.717) is 12.1 Å². The van der Waals surface area contributed by atoms with E-state index in [4.69, 9.17) is 5.11 Å². The topological polar surface area (TPSA) is 66.4 Å². The number of rotatable bonds is 6. The molecule has 8 heteroatoms. The average molecular weight is 311 g/mol. The van der Waals surface area contributed by atoms with Gasteiger partial charge >= 0.3 is 6.18 Å². The Morgan fingerprint density at radius 3 is 2.25 bits per heavy atom. The van der Waals surface area contributed by atoms with E-state index in [2.05, 4.69) is 5.32 Å². The number of sulfone groups is 1. The summed E-state index contributed by atoms with van der Waals surface area (Å²) in [6.45, 7) is 1.05. The lowest BCUT2D eigenvalue weighted by molar-refractivity contribution is -0.198. The number of hydrogen-bond acceptors (Lipinski definition) is 4. The van der Waals surface area contributed by atoms with Crippen LogP contribution in [0.3, 0.4) is 0 Å². The fraction of sp³-hybridized carbons (Fsp3) is 0.500. The van der Waals surface area contributed by atoms with Crippen molar-refractivity contribution in [3.63, 3.8) is 0 Å². The minimum Gasteiger partial charge on any atom is -0.382 e. The number of alkyl halides is 3. The largest absolute Gasteiger partial charge is 0.416 e. The second-order valence-corrected chi connectivity index (χ2v) is 6.39. The van der Waals surface area contributed by atoms with Crippen LogP contribution in [-0.4, -0.2) is 38.1 Å². The highest BCUT2D eigenvalue weighted by Crippen LogP contribution is 2.21. The SMILES string of the molecule is CCCS(=O)(=O)c1ccc(NCC(O)C(F)(F)F)cc1. The third-order valence-electron chi connectivity index (χ3n) is 2.56. The van der Waals surface area contributed by atoms with Crippen molar-refractivity contribution in [2.75, 3.05) is 17.6 Å².